The smallest absolute Gasteiger partial charge is 0.00205 e. The third kappa shape index (κ3) is 14.0. The molecule has 2 heteroatoms. The molecule has 1 aliphatic rings. The molecule has 1 aliphatic carbocycles. The lowest BCUT2D eigenvalue weighted by Gasteiger charge is -2.29. The number of hydrogen-bond donors (Lipinski definition) is 2. The van der Waals surface area contributed by atoms with E-state index >= 15 is 0 Å². The van der Waals surface area contributed by atoms with Crippen LogP contribution in [0.25, 0.3) is 0 Å². The highest BCUT2D eigenvalue weighted by Gasteiger charge is 2.20. The second-order valence-electron chi connectivity index (χ2n) is 8.83. The first kappa shape index (κ1) is 24.0. The summed E-state index contributed by atoms with van der Waals surface area (Å²) in [4.78, 5) is 0. The molecule has 2 nitrogen and oxygen atoms in total. The van der Waals surface area contributed by atoms with E-state index < -0.39 is 0 Å². The highest BCUT2D eigenvalue weighted by atomic mass is 14.9. The predicted molar refractivity (Wildman–Crippen MR) is 118 cm³/mol. The molecule has 0 aromatic rings. The van der Waals surface area contributed by atoms with E-state index in [2.05, 4.69) is 24.5 Å². The largest absolute Gasteiger partial charge is 0.316 e. The summed E-state index contributed by atoms with van der Waals surface area (Å²) < 4.78 is 0. The Labute approximate surface area is 165 Å². The molecule has 156 valence electrons. The maximum Gasteiger partial charge on any atom is -0.00205 e. The molecule has 2 N–H and O–H groups in total. The zero-order chi connectivity index (χ0) is 18.7. The second-order valence-corrected chi connectivity index (χ2v) is 8.83. The van der Waals surface area contributed by atoms with E-state index in [9.17, 15) is 0 Å². The van der Waals surface area contributed by atoms with Gasteiger partial charge in [0.15, 0.2) is 0 Å². The number of unbranched alkanes of at least 4 members (excludes halogenated alkanes) is 10. The van der Waals surface area contributed by atoms with Crippen LogP contribution in [-0.2, 0) is 0 Å². The van der Waals surface area contributed by atoms with Crippen LogP contribution in [-0.4, -0.2) is 26.2 Å². The summed E-state index contributed by atoms with van der Waals surface area (Å²) in [5, 5.41) is 7.45. The molecule has 1 saturated carbocycles. The van der Waals surface area contributed by atoms with Crippen molar-refractivity contribution >= 4 is 0 Å². The van der Waals surface area contributed by atoms with Crippen molar-refractivity contribution in [1.82, 2.24) is 10.6 Å². The second kappa shape index (κ2) is 18.3. The number of nitrogens with one attached hydrogen (secondary N) is 2. The maximum absolute atomic E-state index is 3.73. The van der Waals surface area contributed by atoms with Crippen LogP contribution in [0.3, 0.4) is 0 Å². The van der Waals surface area contributed by atoms with Crippen molar-refractivity contribution in [2.45, 2.75) is 117 Å². The molecule has 0 spiro atoms. The third-order valence-corrected chi connectivity index (χ3v) is 6.25. The van der Waals surface area contributed by atoms with Crippen LogP contribution >= 0.6 is 0 Å². The molecule has 0 aliphatic heterocycles. The van der Waals surface area contributed by atoms with Crippen LogP contribution in [0.15, 0.2) is 0 Å². The molecule has 0 radical (unpaired) electrons. The van der Waals surface area contributed by atoms with E-state index in [1.165, 1.54) is 129 Å². The van der Waals surface area contributed by atoms with Crippen molar-refractivity contribution in [3.8, 4) is 0 Å². The Morgan fingerprint density at radius 2 is 0.846 bits per heavy atom. The van der Waals surface area contributed by atoms with Crippen molar-refractivity contribution < 1.29 is 0 Å². The first-order chi connectivity index (χ1) is 12.9. The van der Waals surface area contributed by atoms with Gasteiger partial charge in [-0.2, -0.15) is 0 Å². The SMILES string of the molecule is CCCCCCCCNC[C@H]1CC[C@H](CNCCCCCCCC)CC1. The Kier molecular flexibility index (Phi) is 16.9. The third-order valence-electron chi connectivity index (χ3n) is 6.25. The minimum Gasteiger partial charge on any atom is -0.316 e. The van der Waals surface area contributed by atoms with Gasteiger partial charge in [0.2, 0.25) is 0 Å². The average Bonchev–Trinajstić information content (AvgIpc) is 2.67. The molecule has 26 heavy (non-hydrogen) atoms. The Bertz CT molecular complexity index is 243. The molecule has 0 heterocycles. The van der Waals surface area contributed by atoms with Crippen LogP contribution in [0.5, 0.6) is 0 Å². The summed E-state index contributed by atoms with van der Waals surface area (Å²) in [6.07, 6.45) is 22.7. The van der Waals surface area contributed by atoms with Gasteiger partial charge in [-0.05, 0) is 76.5 Å². The van der Waals surface area contributed by atoms with Gasteiger partial charge in [-0.1, -0.05) is 78.1 Å². The van der Waals surface area contributed by atoms with Crippen LogP contribution in [0.2, 0.25) is 0 Å². The summed E-state index contributed by atoms with van der Waals surface area (Å²) in [6, 6.07) is 0. The van der Waals surface area contributed by atoms with Crippen LogP contribution in [0, 0.1) is 11.8 Å². The molecule has 0 bridgehead atoms. The molecular formula is C24H50N2. The lowest BCUT2D eigenvalue weighted by atomic mass is 9.82. The van der Waals surface area contributed by atoms with E-state index in [1.807, 2.05) is 0 Å². The maximum atomic E-state index is 3.73. The molecule has 0 atom stereocenters. The molecule has 0 aromatic carbocycles. The van der Waals surface area contributed by atoms with Gasteiger partial charge in [0.05, 0.1) is 0 Å². The van der Waals surface area contributed by atoms with E-state index in [0.717, 1.165) is 11.8 Å². The van der Waals surface area contributed by atoms with E-state index in [4.69, 9.17) is 0 Å². The first-order valence-electron chi connectivity index (χ1n) is 12.3. The predicted octanol–water partition coefficient (Wildman–Crippen LogP) is 6.69. The molecular weight excluding hydrogens is 316 g/mol. The van der Waals surface area contributed by atoms with E-state index in [0.29, 0.717) is 0 Å². The summed E-state index contributed by atoms with van der Waals surface area (Å²) in [5.41, 5.74) is 0. The van der Waals surface area contributed by atoms with Gasteiger partial charge in [0.1, 0.15) is 0 Å². The summed E-state index contributed by atoms with van der Waals surface area (Å²) >= 11 is 0. The van der Waals surface area contributed by atoms with Gasteiger partial charge in [0, 0.05) is 0 Å². The molecule has 0 amide bonds. The standard InChI is InChI=1S/C24H50N2/c1-3-5-7-9-11-13-19-25-21-23-15-17-24(18-16-23)22-26-20-14-12-10-8-6-4-2/h23-26H,3-22H2,1-2H3/t23-,24-. The van der Waals surface area contributed by atoms with Gasteiger partial charge in [-0.3, -0.25) is 0 Å². The first-order valence-corrected chi connectivity index (χ1v) is 12.3. The molecule has 0 aromatic heterocycles. The van der Waals surface area contributed by atoms with E-state index in [1.54, 1.807) is 0 Å². The fourth-order valence-corrected chi connectivity index (χ4v) is 4.31. The summed E-state index contributed by atoms with van der Waals surface area (Å²) in [5.74, 6) is 1.90. The minimum atomic E-state index is 0.949. The summed E-state index contributed by atoms with van der Waals surface area (Å²) in [6.45, 7) is 9.61. The van der Waals surface area contributed by atoms with Crippen molar-refractivity contribution in [2.75, 3.05) is 26.2 Å². The molecule has 0 saturated heterocycles. The Morgan fingerprint density at radius 1 is 0.500 bits per heavy atom. The quantitative estimate of drug-likeness (QED) is 0.264. The minimum absolute atomic E-state index is 0.949. The van der Waals surface area contributed by atoms with Crippen LogP contribution in [0.1, 0.15) is 117 Å². The van der Waals surface area contributed by atoms with Gasteiger partial charge >= 0.3 is 0 Å². The van der Waals surface area contributed by atoms with E-state index in [-0.39, 0.29) is 0 Å². The van der Waals surface area contributed by atoms with Gasteiger partial charge in [0.25, 0.3) is 0 Å². The summed E-state index contributed by atoms with van der Waals surface area (Å²) in [7, 11) is 0. The van der Waals surface area contributed by atoms with Gasteiger partial charge < -0.3 is 10.6 Å². The zero-order valence-corrected chi connectivity index (χ0v) is 18.3. The number of hydrogen-bond acceptors (Lipinski definition) is 2. The fraction of sp³-hybridized carbons (Fsp3) is 1.00. The zero-order valence-electron chi connectivity index (χ0n) is 18.3. The highest BCUT2D eigenvalue weighted by molar-refractivity contribution is 4.75. The topological polar surface area (TPSA) is 24.1 Å². The molecule has 0 unspecified atom stereocenters. The lowest BCUT2D eigenvalue weighted by molar-refractivity contribution is 0.261. The normalized spacial score (nSPS) is 20.5. The Hall–Kier alpha value is -0.0800. The number of rotatable bonds is 18. The Balaban J connectivity index is 1.83. The van der Waals surface area contributed by atoms with Gasteiger partial charge in [-0.15, -0.1) is 0 Å². The molecule has 1 fully saturated rings. The lowest BCUT2D eigenvalue weighted by Crippen LogP contribution is -2.31. The monoisotopic (exact) mass is 366 g/mol. The average molecular weight is 367 g/mol. The molecule has 1 rings (SSSR count). The van der Waals surface area contributed by atoms with Crippen molar-refractivity contribution in [1.29, 1.82) is 0 Å². The van der Waals surface area contributed by atoms with Crippen molar-refractivity contribution in [2.24, 2.45) is 11.8 Å². The van der Waals surface area contributed by atoms with Crippen molar-refractivity contribution in [3.05, 3.63) is 0 Å². The Morgan fingerprint density at radius 3 is 1.23 bits per heavy atom. The van der Waals surface area contributed by atoms with Crippen LogP contribution in [0.4, 0.5) is 0 Å². The highest BCUT2D eigenvalue weighted by Crippen LogP contribution is 2.27. The van der Waals surface area contributed by atoms with Gasteiger partial charge in [-0.25, -0.2) is 0 Å². The fourth-order valence-electron chi connectivity index (χ4n) is 4.31. The van der Waals surface area contributed by atoms with Crippen LogP contribution < -0.4 is 10.6 Å². The van der Waals surface area contributed by atoms with Crippen molar-refractivity contribution in [3.63, 3.8) is 0 Å².